The number of carbonyl (C=O) groups excluding carboxylic acids is 1. The lowest BCUT2D eigenvalue weighted by atomic mass is 9.86. The molecule has 1 saturated carbocycles. The van der Waals surface area contributed by atoms with E-state index in [1.54, 1.807) is 13.0 Å². The Bertz CT molecular complexity index is 988. The quantitative estimate of drug-likeness (QED) is 0.654. The molecule has 2 aromatic rings. The van der Waals surface area contributed by atoms with Gasteiger partial charge < -0.3 is 16.2 Å². The van der Waals surface area contributed by atoms with Crippen LogP contribution in [0.2, 0.25) is 5.02 Å². The van der Waals surface area contributed by atoms with Gasteiger partial charge in [-0.15, -0.1) is 0 Å². The van der Waals surface area contributed by atoms with E-state index >= 15 is 0 Å². The van der Waals surface area contributed by atoms with Crippen molar-refractivity contribution in [2.75, 3.05) is 11.9 Å². The minimum Gasteiger partial charge on any atom is -0.395 e. The number of aliphatic imine (C=N–C) groups is 1. The number of amides is 1. The van der Waals surface area contributed by atoms with Gasteiger partial charge in [-0.2, -0.15) is 4.39 Å². The zero-order valence-corrected chi connectivity index (χ0v) is 16.4. The maximum absolute atomic E-state index is 14.6. The zero-order chi connectivity index (χ0) is 20.1. The van der Waals surface area contributed by atoms with Gasteiger partial charge in [0.25, 0.3) is 5.91 Å². The van der Waals surface area contributed by atoms with Gasteiger partial charge in [0.2, 0.25) is 5.95 Å². The van der Waals surface area contributed by atoms with E-state index in [-0.39, 0.29) is 23.8 Å². The minimum atomic E-state index is -0.978. The number of anilines is 1. The molecule has 1 aliphatic carbocycles. The second-order valence-corrected chi connectivity index (χ2v) is 8.93. The number of nitrogens with two attached hydrogens (primary N) is 1. The second kappa shape index (κ2) is 6.68. The van der Waals surface area contributed by atoms with Gasteiger partial charge >= 0.3 is 0 Å². The third kappa shape index (κ3) is 3.13. The Labute approximate surface area is 169 Å². The van der Waals surface area contributed by atoms with Gasteiger partial charge in [-0.25, -0.2) is 9.97 Å². The smallest absolute Gasteiger partial charge is 0.274 e. The van der Waals surface area contributed by atoms with Crippen LogP contribution in [0.15, 0.2) is 35.6 Å². The molecular weight excluding hydrogens is 405 g/mol. The van der Waals surface area contributed by atoms with E-state index in [9.17, 15) is 14.3 Å². The molecule has 2 aliphatic rings. The van der Waals surface area contributed by atoms with Crippen LogP contribution in [0, 0.1) is 11.9 Å². The molecule has 2 aromatic heterocycles. The molecule has 3 atom stereocenters. The third-order valence-corrected chi connectivity index (χ3v) is 6.73. The number of fused-ring (bicyclic) bond motifs is 1. The highest BCUT2D eigenvalue weighted by molar-refractivity contribution is 8.15. The summed E-state index contributed by atoms with van der Waals surface area (Å²) < 4.78 is 14.2. The number of aliphatic hydroxyl groups excluding tert-OH is 1. The van der Waals surface area contributed by atoms with Gasteiger partial charge in [-0.1, -0.05) is 23.4 Å². The summed E-state index contributed by atoms with van der Waals surface area (Å²) in [7, 11) is 0. The van der Waals surface area contributed by atoms with Gasteiger partial charge in [-0.05, 0) is 31.5 Å². The number of hydrogen-bond acceptors (Lipinski definition) is 7. The highest BCUT2D eigenvalue weighted by Gasteiger charge is 2.66. The number of pyridine rings is 2. The van der Waals surface area contributed by atoms with Crippen molar-refractivity contribution >= 4 is 40.1 Å². The van der Waals surface area contributed by atoms with E-state index in [4.69, 9.17) is 17.3 Å². The van der Waals surface area contributed by atoms with Gasteiger partial charge in [-0.3, -0.25) is 9.79 Å². The van der Waals surface area contributed by atoms with E-state index in [1.165, 1.54) is 36.3 Å². The van der Waals surface area contributed by atoms with Crippen molar-refractivity contribution < 1.29 is 14.3 Å². The monoisotopic (exact) mass is 421 g/mol. The molecule has 1 fully saturated rings. The molecule has 0 bridgehead atoms. The average Bonchev–Trinajstić information content (AvgIpc) is 3.39. The number of amidine groups is 1. The summed E-state index contributed by atoms with van der Waals surface area (Å²) in [4.78, 5) is 24.6. The fourth-order valence-corrected chi connectivity index (χ4v) is 5.13. The number of carbonyl (C=O) groups is 1. The lowest BCUT2D eigenvalue weighted by molar-refractivity contribution is 0.102. The topological polar surface area (TPSA) is 113 Å². The summed E-state index contributed by atoms with van der Waals surface area (Å²) in [6.07, 6.45) is 3.26. The van der Waals surface area contributed by atoms with E-state index in [0.29, 0.717) is 22.3 Å². The van der Waals surface area contributed by atoms with Gasteiger partial charge in [0, 0.05) is 17.7 Å². The zero-order valence-electron chi connectivity index (χ0n) is 14.8. The van der Waals surface area contributed by atoms with Crippen molar-refractivity contribution in [1.29, 1.82) is 0 Å². The summed E-state index contributed by atoms with van der Waals surface area (Å²) in [5.74, 6) is -1.24. The number of nitrogens with zero attached hydrogens (tertiary/aromatic N) is 3. The van der Waals surface area contributed by atoms with Crippen molar-refractivity contribution in [3.8, 4) is 0 Å². The first-order valence-corrected chi connectivity index (χ1v) is 9.71. The number of thioether (sulfide) groups is 1. The first kappa shape index (κ1) is 19.1. The SMILES string of the molecule is C[C@]1(c2cc(NC(=O)c3ccc(Cl)cn3)cnc2F)N=C(N)S[C@@]2(CO)C[C@H]21. The summed E-state index contributed by atoms with van der Waals surface area (Å²) in [6.45, 7) is 1.70. The fraction of sp³-hybridized carbons (Fsp3) is 0.333. The van der Waals surface area contributed by atoms with Gasteiger partial charge in [0.05, 0.1) is 33.8 Å². The summed E-state index contributed by atoms with van der Waals surface area (Å²) in [6, 6.07) is 4.54. The van der Waals surface area contributed by atoms with Crippen molar-refractivity contribution in [3.05, 3.63) is 52.8 Å². The molecule has 1 amide bonds. The van der Waals surface area contributed by atoms with Crippen molar-refractivity contribution in [2.45, 2.75) is 23.6 Å². The van der Waals surface area contributed by atoms with Gasteiger partial charge in [0.15, 0.2) is 5.17 Å². The highest BCUT2D eigenvalue weighted by Crippen LogP contribution is 2.65. The molecule has 7 nitrogen and oxygen atoms in total. The molecule has 10 heteroatoms. The lowest BCUT2D eigenvalue weighted by Crippen LogP contribution is -2.37. The Balaban J connectivity index is 1.65. The summed E-state index contributed by atoms with van der Waals surface area (Å²) in [5.41, 5.74) is 5.67. The van der Waals surface area contributed by atoms with E-state index in [0.717, 1.165) is 0 Å². The number of aliphatic hydroxyl groups is 1. The van der Waals surface area contributed by atoms with Crippen LogP contribution in [0.25, 0.3) is 0 Å². The standard InChI is InChI=1S/C18H17ClFN5O2S/c1-17(13-5-18(13,8-26)28-16(21)25-17)11-4-10(7-23-14(11)20)24-15(27)12-3-2-9(19)6-22-12/h2-4,6-7,13,26H,5,8H2,1H3,(H2,21,25)(H,24,27)/t13-,17+,18+/m0/s1. The normalized spacial score (nSPS) is 28.3. The van der Waals surface area contributed by atoms with Crippen LogP contribution in [-0.4, -0.2) is 37.5 Å². The third-order valence-electron chi connectivity index (χ3n) is 5.22. The second-order valence-electron chi connectivity index (χ2n) is 7.06. The van der Waals surface area contributed by atoms with Crippen molar-refractivity contribution in [2.24, 2.45) is 16.6 Å². The van der Waals surface area contributed by atoms with Crippen LogP contribution < -0.4 is 11.1 Å². The number of nitrogens with one attached hydrogen (secondary N) is 1. The Morgan fingerprint density at radius 2 is 2.25 bits per heavy atom. The number of aromatic nitrogens is 2. The molecule has 0 aromatic carbocycles. The average molecular weight is 422 g/mol. The Morgan fingerprint density at radius 1 is 1.46 bits per heavy atom. The maximum atomic E-state index is 14.6. The molecule has 4 N–H and O–H groups in total. The van der Waals surface area contributed by atoms with Crippen LogP contribution in [0.5, 0.6) is 0 Å². The van der Waals surface area contributed by atoms with Crippen LogP contribution in [0.3, 0.4) is 0 Å². The van der Waals surface area contributed by atoms with E-state index in [1.807, 2.05) is 0 Å². The fourth-order valence-electron chi connectivity index (χ4n) is 3.68. The Morgan fingerprint density at radius 3 is 2.93 bits per heavy atom. The molecule has 0 spiro atoms. The summed E-state index contributed by atoms with van der Waals surface area (Å²) in [5, 5.41) is 13.1. The lowest BCUT2D eigenvalue weighted by Gasteiger charge is -2.33. The number of halogens is 2. The Kier molecular flexibility index (Phi) is 4.56. The van der Waals surface area contributed by atoms with Crippen LogP contribution in [0.4, 0.5) is 10.1 Å². The first-order valence-electron chi connectivity index (χ1n) is 8.51. The molecule has 4 rings (SSSR count). The number of rotatable bonds is 4. The number of hydrogen-bond donors (Lipinski definition) is 3. The largest absolute Gasteiger partial charge is 0.395 e. The molecule has 0 radical (unpaired) electrons. The molecule has 3 heterocycles. The van der Waals surface area contributed by atoms with Crippen molar-refractivity contribution in [1.82, 2.24) is 9.97 Å². The predicted octanol–water partition coefficient (Wildman–Crippen LogP) is 2.55. The molecular formula is C18H17ClFN5O2S. The van der Waals surface area contributed by atoms with Crippen LogP contribution >= 0.6 is 23.4 Å². The molecule has 0 saturated heterocycles. The predicted molar refractivity (Wildman–Crippen MR) is 106 cm³/mol. The van der Waals surface area contributed by atoms with E-state index < -0.39 is 22.1 Å². The highest BCUT2D eigenvalue weighted by atomic mass is 35.5. The first-order chi connectivity index (χ1) is 13.3. The van der Waals surface area contributed by atoms with Crippen LogP contribution in [-0.2, 0) is 5.54 Å². The van der Waals surface area contributed by atoms with Crippen molar-refractivity contribution in [3.63, 3.8) is 0 Å². The van der Waals surface area contributed by atoms with Crippen LogP contribution in [0.1, 0.15) is 29.4 Å². The molecule has 146 valence electrons. The molecule has 0 unspecified atom stereocenters. The molecule has 28 heavy (non-hydrogen) atoms. The maximum Gasteiger partial charge on any atom is 0.274 e. The van der Waals surface area contributed by atoms with E-state index in [2.05, 4.69) is 20.3 Å². The molecule has 1 aliphatic heterocycles. The summed E-state index contributed by atoms with van der Waals surface area (Å²) >= 11 is 7.11. The Hall–Kier alpha value is -2.23. The van der Waals surface area contributed by atoms with Gasteiger partial charge in [0.1, 0.15) is 5.69 Å². The minimum absolute atomic E-state index is 0.0676.